The van der Waals surface area contributed by atoms with Crippen molar-refractivity contribution < 1.29 is 19.1 Å². The molecule has 1 aliphatic heterocycles. The predicted octanol–water partition coefficient (Wildman–Crippen LogP) is 7.94. The van der Waals surface area contributed by atoms with Crippen LogP contribution in [0.2, 0.25) is 0 Å². The van der Waals surface area contributed by atoms with E-state index < -0.39 is 23.7 Å². The second-order valence-electron chi connectivity index (χ2n) is 11.4. The molecule has 0 radical (unpaired) electrons. The van der Waals surface area contributed by atoms with Gasteiger partial charge in [0.05, 0.1) is 0 Å². The van der Waals surface area contributed by atoms with Gasteiger partial charge in [-0.3, -0.25) is 4.90 Å². The van der Waals surface area contributed by atoms with Crippen molar-refractivity contribution in [2.24, 2.45) is 0 Å². The number of ether oxygens (including phenoxy) is 2. The molecule has 1 atom stereocenters. The van der Waals surface area contributed by atoms with E-state index in [1.807, 2.05) is 115 Å². The predicted molar refractivity (Wildman–Crippen MR) is 170 cm³/mol. The van der Waals surface area contributed by atoms with Crippen molar-refractivity contribution in [1.29, 1.82) is 0 Å². The molecule has 0 spiro atoms. The maximum atomic E-state index is 14.2. The zero-order chi connectivity index (χ0) is 29.9. The summed E-state index contributed by atoms with van der Waals surface area (Å²) in [7, 11) is 0. The number of nitrogens with zero attached hydrogens (tertiary/aromatic N) is 1. The SMILES string of the molecule is O=C(OC(c1ccccc1)(c1ccccc1)c1ccccc1)[C@@H]1CCCN1C(=O)OCC1c2ccccc2-c2ccccc21. The molecule has 0 unspecified atom stereocenters. The Morgan fingerprint density at radius 3 is 1.59 bits per heavy atom. The van der Waals surface area contributed by atoms with Crippen molar-refractivity contribution in [3.8, 4) is 11.1 Å². The highest BCUT2D eigenvalue weighted by Crippen LogP contribution is 2.45. The van der Waals surface area contributed by atoms with Crippen molar-refractivity contribution in [2.75, 3.05) is 13.2 Å². The number of rotatable bonds is 7. The number of esters is 1. The lowest BCUT2D eigenvalue weighted by Crippen LogP contribution is -2.46. The van der Waals surface area contributed by atoms with E-state index in [1.165, 1.54) is 11.1 Å². The molecule has 5 aromatic carbocycles. The Morgan fingerprint density at radius 2 is 1.09 bits per heavy atom. The minimum Gasteiger partial charge on any atom is -0.448 e. The van der Waals surface area contributed by atoms with Gasteiger partial charge in [-0.25, -0.2) is 9.59 Å². The summed E-state index contributed by atoms with van der Waals surface area (Å²) < 4.78 is 12.6. The fraction of sp³-hybridized carbons (Fsp3) is 0.179. The van der Waals surface area contributed by atoms with Crippen molar-refractivity contribution in [3.63, 3.8) is 0 Å². The van der Waals surface area contributed by atoms with Crippen molar-refractivity contribution in [3.05, 3.63) is 167 Å². The number of hydrogen-bond donors (Lipinski definition) is 0. The van der Waals surface area contributed by atoms with Crippen LogP contribution in [0.25, 0.3) is 11.1 Å². The van der Waals surface area contributed by atoms with Crippen molar-refractivity contribution in [2.45, 2.75) is 30.4 Å². The highest BCUT2D eigenvalue weighted by molar-refractivity contribution is 5.83. The molecule has 218 valence electrons. The van der Waals surface area contributed by atoms with E-state index >= 15 is 0 Å². The van der Waals surface area contributed by atoms with Crippen LogP contribution in [0.15, 0.2) is 140 Å². The minimum atomic E-state index is -1.20. The second kappa shape index (κ2) is 11.8. The van der Waals surface area contributed by atoms with Gasteiger partial charge in [-0.2, -0.15) is 0 Å². The van der Waals surface area contributed by atoms with Gasteiger partial charge in [0, 0.05) is 29.2 Å². The van der Waals surface area contributed by atoms with Gasteiger partial charge < -0.3 is 9.47 Å². The zero-order valence-electron chi connectivity index (χ0n) is 24.3. The lowest BCUT2D eigenvalue weighted by atomic mass is 9.80. The number of fused-ring (bicyclic) bond motifs is 3. The van der Waals surface area contributed by atoms with Crippen LogP contribution in [0.4, 0.5) is 4.79 Å². The first-order valence-electron chi connectivity index (χ1n) is 15.2. The van der Waals surface area contributed by atoms with E-state index in [0.717, 1.165) is 27.8 Å². The molecule has 7 rings (SSSR count). The Balaban J connectivity index is 1.16. The van der Waals surface area contributed by atoms with Gasteiger partial charge >= 0.3 is 12.1 Å². The van der Waals surface area contributed by atoms with Crippen LogP contribution in [0.3, 0.4) is 0 Å². The summed E-state index contributed by atoms with van der Waals surface area (Å²) in [4.78, 5) is 29.4. The third-order valence-electron chi connectivity index (χ3n) is 8.89. The van der Waals surface area contributed by atoms with E-state index in [4.69, 9.17) is 9.47 Å². The van der Waals surface area contributed by atoms with E-state index in [-0.39, 0.29) is 12.5 Å². The van der Waals surface area contributed by atoms with Crippen LogP contribution in [0.5, 0.6) is 0 Å². The molecular formula is C39H33NO4. The minimum absolute atomic E-state index is 0.0544. The Bertz CT molecular complexity index is 1630. The summed E-state index contributed by atoms with van der Waals surface area (Å²) in [6.45, 7) is 0.637. The molecule has 44 heavy (non-hydrogen) atoms. The van der Waals surface area contributed by atoms with Gasteiger partial charge in [-0.05, 0) is 35.1 Å². The van der Waals surface area contributed by atoms with Crippen molar-refractivity contribution >= 4 is 12.1 Å². The first-order chi connectivity index (χ1) is 21.7. The topological polar surface area (TPSA) is 55.8 Å². The monoisotopic (exact) mass is 579 g/mol. The van der Waals surface area contributed by atoms with E-state index in [0.29, 0.717) is 19.4 Å². The largest absolute Gasteiger partial charge is 0.448 e. The molecule has 1 saturated heterocycles. The smallest absolute Gasteiger partial charge is 0.410 e. The standard InChI is InChI=1S/C39H33NO4/c41-37(44-39(28-15-4-1-5-16-28,29-17-6-2-7-18-29)30-19-8-3-9-20-30)36-25-14-26-40(36)38(42)43-27-35-33-23-12-10-21-31(33)32-22-11-13-24-34(32)35/h1-13,15-24,35-36H,14,25-27H2/t36-/m0/s1. The fourth-order valence-corrected chi connectivity index (χ4v) is 6.82. The van der Waals surface area contributed by atoms with Gasteiger partial charge in [-0.1, -0.05) is 140 Å². The third-order valence-corrected chi connectivity index (χ3v) is 8.89. The lowest BCUT2D eigenvalue weighted by molar-refractivity contribution is -0.158. The van der Waals surface area contributed by atoms with Crippen LogP contribution in [-0.2, 0) is 19.9 Å². The summed E-state index contributed by atoms with van der Waals surface area (Å²) in [5.74, 6) is -0.506. The number of amides is 1. The first kappa shape index (κ1) is 27.7. The Labute approximate surface area is 257 Å². The first-order valence-corrected chi connectivity index (χ1v) is 15.2. The summed E-state index contributed by atoms with van der Waals surface area (Å²) in [5.41, 5.74) is 5.94. The average molecular weight is 580 g/mol. The van der Waals surface area contributed by atoms with E-state index in [1.54, 1.807) is 4.90 Å². The molecule has 5 aromatic rings. The molecule has 5 nitrogen and oxygen atoms in total. The maximum Gasteiger partial charge on any atom is 0.410 e. The Kier molecular flexibility index (Phi) is 7.45. The second-order valence-corrected chi connectivity index (χ2v) is 11.4. The Hall–Kier alpha value is -5.16. The number of benzene rings is 5. The normalized spacial score (nSPS) is 15.8. The zero-order valence-corrected chi connectivity index (χ0v) is 24.3. The Morgan fingerprint density at radius 1 is 0.636 bits per heavy atom. The molecule has 5 heteroatoms. The van der Waals surface area contributed by atoms with Gasteiger partial charge in [0.15, 0.2) is 5.60 Å². The van der Waals surface area contributed by atoms with Crippen LogP contribution in [0, 0.1) is 0 Å². The molecule has 0 aromatic heterocycles. The highest BCUT2D eigenvalue weighted by Gasteiger charge is 2.45. The summed E-state index contributed by atoms with van der Waals surface area (Å²) in [5, 5.41) is 0. The van der Waals surface area contributed by atoms with Crippen molar-refractivity contribution in [1.82, 2.24) is 4.90 Å². The molecule has 1 fully saturated rings. The fourth-order valence-electron chi connectivity index (χ4n) is 6.82. The summed E-state index contributed by atoms with van der Waals surface area (Å²) >= 11 is 0. The number of likely N-dealkylation sites (tertiary alicyclic amines) is 1. The third kappa shape index (κ3) is 4.84. The molecular weight excluding hydrogens is 546 g/mol. The summed E-state index contributed by atoms with van der Waals surface area (Å²) in [6.07, 6.45) is 0.715. The summed E-state index contributed by atoms with van der Waals surface area (Å²) in [6, 6.07) is 45.2. The quantitative estimate of drug-likeness (QED) is 0.145. The number of carbonyl (C=O) groups is 2. The van der Waals surface area contributed by atoms with Gasteiger partial charge in [0.1, 0.15) is 12.6 Å². The van der Waals surface area contributed by atoms with E-state index in [9.17, 15) is 9.59 Å². The number of carbonyl (C=O) groups excluding carboxylic acids is 2. The van der Waals surface area contributed by atoms with E-state index in [2.05, 4.69) is 24.3 Å². The average Bonchev–Trinajstić information content (AvgIpc) is 3.71. The van der Waals surface area contributed by atoms with Gasteiger partial charge in [0.25, 0.3) is 0 Å². The maximum absolute atomic E-state index is 14.2. The number of hydrogen-bond acceptors (Lipinski definition) is 4. The van der Waals surface area contributed by atoms with Crippen LogP contribution >= 0.6 is 0 Å². The highest BCUT2D eigenvalue weighted by atomic mass is 16.6. The van der Waals surface area contributed by atoms with Gasteiger partial charge in [-0.15, -0.1) is 0 Å². The molecule has 2 aliphatic rings. The molecule has 0 N–H and O–H groups in total. The van der Waals surface area contributed by atoms with Crippen LogP contribution < -0.4 is 0 Å². The van der Waals surface area contributed by atoms with Gasteiger partial charge in [0.2, 0.25) is 0 Å². The molecule has 1 amide bonds. The molecule has 1 heterocycles. The molecule has 0 saturated carbocycles. The van der Waals surface area contributed by atoms with Crippen LogP contribution in [-0.4, -0.2) is 36.2 Å². The molecule has 1 aliphatic carbocycles. The van der Waals surface area contributed by atoms with Crippen LogP contribution in [0.1, 0.15) is 46.6 Å². The lowest BCUT2D eigenvalue weighted by Gasteiger charge is -2.37. The molecule has 0 bridgehead atoms.